The Morgan fingerprint density at radius 2 is 2.06 bits per heavy atom. The molecule has 0 fully saturated rings. The quantitative estimate of drug-likeness (QED) is 0.716. The Labute approximate surface area is 107 Å². The predicted molar refractivity (Wildman–Crippen MR) is 72.4 cm³/mol. The molecular formula is C12H9N3S2. The zero-order chi connectivity index (χ0) is 11.7. The van der Waals surface area contributed by atoms with E-state index in [-0.39, 0.29) is 0 Å². The summed E-state index contributed by atoms with van der Waals surface area (Å²) in [5.41, 5.74) is 7.41. The Balaban J connectivity index is 2.10. The second kappa shape index (κ2) is 4.35. The topological polar surface area (TPSA) is 51.8 Å². The first-order valence-electron chi connectivity index (χ1n) is 5.04. The molecule has 5 heteroatoms. The van der Waals surface area contributed by atoms with Gasteiger partial charge in [0.05, 0.1) is 5.52 Å². The summed E-state index contributed by atoms with van der Waals surface area (Å²) in [5, 5.41) is 3.09. The van der Waals surface area contributed by atoms with E-state index in [0.717, 1.165) is 25.8 Å². The molecule has 84 valence electrons. The number of anilines is 1. The number of nitrogen functional groups attached to an aromatic ring is 1. The molecule has 0 bridgehead atoms. The van der Waals surface area contributed by atoms with E-state index in [0.29, 0.717) is 0 Å². The summed E-state index contributed by atoms with van der Waals surface area (Å²) in [6, 6.07) is 7.80. The monoisotopic (exact) mass is 259 g/mol. The van der Waals surface area contributed by atoms with Crippen LogP contribution in [0.5, 0.6) is 0 Å². The van der Waals surface area contributed by atoms with Crippen LogP contribution < -0.4 is 5.73 Å². The number of aromatic nitrogens is 2. The van der Waals surface area contributed by atoms with Crippen molar-refractivity contribution in [1.82, 2.24) is 9.97 Å². The molecule has 0 unspecified atom stereocenters. The Morgan fingerprint density at radius 3 is 2.88 bits per heavy atom. The third-order valence-corrected chi connectivity index (χ3v) is 4.29. The number of fused-ring (bicyclic) bond motifs is 1. The number of thiazole rings is 1. The van der Waals surface area contributed by atoms with Gasteiger partial charge in [-0.1, -0.05) is 11.8 Å². The lowest BCUT2D eigenvalue weighted by Gasteiger charge is -2.04. The van der Waals surface area contributed by atoms with Gasteiger partial charge in [0.2, 0.25) is 0 Å². The summed E-state index contributed by atoms with van der Waals surface area (Å²) < 4.78 is 1.04. The molecule has 3 nitrogen and oxygen atoms in total. The Morgan fingerprint density at radius 1 is 1.12 bits per heavy atom. The number of hydrogen-bond donors (Lipinski definition) is 1. The minimum atomic E-state index is 0.737. The molecule has 0 radical (unpaired) electrons. The Hall–Kier alpha value is -1.59. The Bertz CT molecular complexity index is 650. The van der Waals surface area contributed by atoms with Crippen LogP contribution in [-0.2, 0) is 0 Å². The molecule has 0 saturated heterocycles. The summed E-state index contributed by atoms with van der Waals surface area (Å²) in [6.07, 6.45) is 3.62. The highest BCUT2D eigenvalue weighted by Gasteiger charge is 2.05. The van der Waals surface area contributed by atoms with Gasteiger partial charge < -0.3 is 5.73 Å². The Kier molecular flexibility index (Phi) is 2.70. The maximum Gasteiger partial charge on any atom is 0.154 e. The van der Waals surface area contributed by atoms with Gasteiger partial charge in [0.15, 0.2) is 4.34 Å². The van der Waals surface area contributed by atoms with Crippen LogP contribution in [-0.4, -0.2) is 9.97 Å². The van der Waals surface area contributed by atoms with E-state index >= 15 is 0 Å². The standard InChI is InChI=1S/C12H9N3S2/c13-8-1-2-9-10(7-8)14-4-3-11(9)17-12-15-5-6-16-12/h1-7H,13H2. The largest absolute Gasteiger partial charge is 0.399 e. The second-order valence-corrected chi connectivity index (χ2v) is 5.67. The zero-order valence-electron chi connectivity index (χ0n) is 8.83. The molecule has 0 amide bonds. The van der Waals surface area contributed by atoms with E-state index in [1.54, 1.807) is 29.3 Å². The van der Waals surface area contributed by atoms with Crippen molar-refractivity contribution in [2.24, 2.45) is 0 Å². The SMILES string of the molecule is Nc1ccc2c(Sc3nccs3)ccnc2c1. The highest BCUT2D eigenvalue weighted by molar-refractivity contribution is 8.01. The molecule has 0 spiro atoms. The van der Waals surface area contributed by atoms with E-state index in [1.165, 1.54) is 0 Å². The van der Waals surface area contributed by atoms with Gasteiger partial charge in [0, 0.05) is 33.7 Å². The van der Waals surface area contributed by atoms with E-state index in [2.05, 4.69) is 9.97 Å². The summed E-state index contributed by atoms with van der Waals surface area (Å²) in [4.78, 5) is 9.75. The molecule has 0 atom stereocenters. The minimum absolute atomic E-state index is 0.737. The van der Waals surface area contributed by atoms with Crippen molar-refractivity contribution in [1.29, 1.82) is 0 Å². The van der Waals surface area contributed by atoms with Gasteiger partial charge in [-0.15, -0.1) is 11.3 Å². The maximum atomic E-state index is 5.75. The molecule has 0 aliphatic heterocycles. The van der Waals surface area contributed by atoms with Crippen LogP contribution >= 0.6 is 23.1 Å². The van der Waals surface area contributed by atoms with Gasteiger partial charge in [0.25, 0.3) is 0 Å². The molecule has 17 heavy (non-hydrogen) atoms. The van der Waals surface area contributed by atoms with Crippen LogP contribution in [0.25, 0.3) is 10.9 Å². The van der Waals surface area contributed by atoms with Crippen LogP contribution in [0.1, 0.15) is 0 Å². The molecule has 2 aromatic heterocycles. The van der Waals surface area contributed by atoms with Gasteiger partial charge >= 0.3 is 0 Å². The van der Waals surface area contributed by atoms with Gasteiger partial charge in [-0.25, -0.2) is 4.98 Å². The third kappa shape index (κ3) is 2.11. The van der Waals surface area contributed by atoms with Crippen molar-refractivity contribution in [3.63, 3.8) is 0 Å². The number of nitrogens with zero attached hydrogens (tertiary/aromatic N) is 2. The minimum Gasteiger partial charge on any atom is -0.399 e. The summed E-state index contributed by atoms with van der Waals surface area (Å²) in [6.45, 7) is 0. The summed E-state index contributed by atoms with van der Waals surface area (Å²) in [5.74, 6) is 0. The molecule has 2 N–H and O–H groups in total. The van der Waals surface area contributed by atoms with Gasteiger partial charge in [0.1, 0.15) is 0 Å². The fourth-order valence-electron chi connectivity index (χ4n) is 1.58. The second-order valence-electron chi connectivity index (χ2n) is 3.49. The normalized spacial score (nSPS) is 10.8. The van der Waals surface area contributed by atoms with E-state index < -0.39 is 0 Å². The highest BCUT2D eigenvalue weighted by Crippen LogP contribution is 2.34. The van der Waals surface area contributed by atoms with Gasteiger partial charge in [-0.2, -0.15) is 0 Å². The van der Waals surface area contributed by atoms with Crippen LogP contribution in [0, 0.1) is 0 Å². The summed E-state index contributed by atoms with van der Waals surface area (Å²) >= 11 is 3.29. The number of pyridine rings is 1. The van der Waals surface area contributed by atoms with Crippen molar-refractivity contribution in [3.05, 3.63) is 42.0 Å². The van der Waals surface area contributed by atoms with E-state index in [4.69, 9.17) is 5.73 Å². The van der Waals surface area contributed by atoms with Gasteiger partial charge in [-0.3, -0.25) is 4.98 Å². The molecule has 3 rings (SSSR count). The summed E-state index contributed by atoms with van der Waals surface area (Å²) in [7, 11) is 0. The van der Waals surface area contributed by atoms with Crippen molar-refractivity contribution >= 4 is 39.7 Å². The molecule has 0 saturated carbocycles. The smallest absolute Gasteiger partial charge is 0.154 e. The number of nitrogens with two attached hydrogens (primary N) is 1. The van der Waals surface area contributed by atoms with Crippen LogP contribution in [0.4, 0.5) is 5.69 Å². The third-order valence-electron chi connectivity index (χ3n) is 2.33. The van der Waals surface area contributed by atoms with Crippen LogP contribution in [0.15, 0.2) is 51.3 Å². The fraction of sp³-hybridized carbons (Fsp3) is 0. The lowest BCUT2D eigenvalue weighted by Crippen LogP contribution is -1.87. The first-order valence-corrected chi connectivity index (χ1v) is 6.74. The van der Waals surface area contributed by atoms with Gasteiger partial charge in [-0.05, 0) is 24.3 Å². The van der Waals surface area contributed by atoms with Crippen molar-refractivity contribution in [2.45, 2.75) is 9.24 Å². The van der Waals surface area contributed by atoms with E-state index in [1.807, 2.05) is 35.8 Å². The lowest BCUT2D eigenvalue weighted by molar-refractivity contribution is 1.25. The van der Waals surface area contributed by atoms with Crippen LogP contribution in [0.2, 0.25) is 0 Å². The first kappa shape index (κ1) is 10.6. The molecule has 1 aromatic carbocycles. The average Bonchev–Trinajstić information content (AvgIpc) is 2.82. The zero-order valence-corrected chi connectivity index (χ0v) is 10.5. The highest BCUT2D eigenvalue weighted by atomic mass is 32.2. The molecule has 3 aromatic rings. The maximum absolute atomic E-state index is 5.75. The fourth-order valence-corrected chi connectivity index (χ4v) is 3.28. The number of rotatable bonds is 2. The van der Waals surface area contributed by atoms with Crippen molar-refractivity contribution in [3.8, 4) is 0 Å². The lowest BCUT2D eigenvalue weighted by atomic mass is 10.2. The average molecular weight is 259 g/mol. The van der Waals surface area contributed by atoms with Crippen molar-refractivity contribution < 1.29 is 0 Å². The first-order chi connectivity index (χ1) is 8.33. The molecule has 0 aliphatic carbocycles. The van der Waals surface area contributed by atoms with Crippen LogP contribution in [0.3, 0.4) is 0 Å². The number of hydrogen-bond acceptors (Lipinski definition) is 5. The molecule has 0 aliphatic rings. The number of benzene rings is 1. The molecular weight excluding hydrogens is 250 g/mol. The van der Waals surface area contributed by atoms with E-state index in [9.17, 15) is 0 Å². The molecule has 2 heterocycles. The predicted octanol–water partition coefficient (Wildman–Crippen LogP) is 3.42. The van der Waals surface area contributed by atoms with Crippen molar-refractivity contribution in [2.75, 3.05) is 5.73 Å².